The quantitative estimate of drug-likeness (QED) is 0.760. The van der Waals surface area contributed by atoms with Crippen LogP contribution in [0, 0.1) is 0 Å². The first kappa shape index (κ1) is 17.3. The number of hydrogen-bond donors (Lipinski definition) is 0. The van der Waals surface area contributed by atoms with Gasteiger partial charge in [-0.3, -0.25) is 9.59 Å². The van der Waals surface area contributed by atoms with Gasteiger partial charge < -0.3 is 9.57 Å². The van der Waals surface area contributed by atoms with Gasteiger partial charge in [0.05, 0.1) is 23.7 Å². The van der Waals surface area contributed by atoms with Crippen molar-refractivity contribution in [2.24, 2.45) is 0 Å². The van der Waals surface area contributed by atoms with Gasteiger partial charge in [0.1, 0.15) is 5.75 Å². The molecule has 6 nitrogen and oxygen atoms in total. The molecular formula is C21H19NO5. The Bertz CT molecular complexity index is 866. The standard InChI is InChI=1S/C21H19NO5/c23-19(27-22-20(24)16-10-4-5-11-17(16)21(22)25)13-14-7-1-6-12-18(14)26-15-8-2-3-9-15/h1,4-7,10-12,15H,2-3,8-9,13H2. The van der Waals surface area contributed by atoms with Crippen LogP contribution in [0.3, 0.4) is 0 Å². The lowest BCUT2D eigenvalue weighted by Crippen LogP contribution is -2.33. The Hall–Kier alpha value is -3.15. The summed E-state index contributed by atoms with van der Waals surface area (Å²) in [6.45, 7) is 0. The molecule has 0 spiro atoms. The second-order valence-corrected chi connectivity index (χ2v) is 6.72. The lowest BCUT2D eigenvalue weighted by molar-refractivity contribution is -0.167. The second kappa shape index (κ2) is 7.23. The number of carbonyl (C=O) groups excluding carboxylic acids is 3. The molecule has 4 rings (SSSR count). The molecule has 138 valence electrons. The van der Waals surface area contributed by atoms with Crippen molar-refractivity contribution >= 4 is 17.8 Å². The zero-order valence-electron chi connectivity index (χ0n) is 14.7. The third-order valence-electron chi connectivity index (χ3n) is 4.85. The van der Waals surface area contributed by atoms with E-state index in [0.717, 1.165) is 25.7 Å². The number of hydrogen-bond acceptors (Lipinski definition) is 5. The van der Waals surface area contributed by atoms with Crippen LogP contribution in [0.5, 0.6) is 5.75 Å². The first-order chi connectivity index (χ1) is 13.1. The van der Waals surface area contributed by atoms with Gasteiger partial charge >= 0.3 is 5.97 Å². The van der Waals surface area contributed by atoms with Crippen molar-refractivity contribution in [3.63, 3.8) is 0 Å². The van der Waals surface area contributed by atoms with Crippen LogP contribution < -0.4 is 4.74 Å². The van der Waals surface area contributed by atoms with Crippen LogP contribution in [-0.4, -0.2) is 29.0 Å². The number of fused-ring (bicyclic) bond motifs is 1. The molecule has 1 aliphatic carbocycles. The van der Waals surface area contributed by atoms with E-state index in [1.807, 2.05) is 18.2 Å². The molecule has 27 heavy (non-hydrogen) atoms. The van der Waals surface area contributed by atoms with Gasteiger partial charge in [-0.2, -0.15) is 0 Å². The van der Waals surface area contributed by atoms with Crippen molar-refractivity contribution < 1.29 is 24.0 Å². The summed E-state index contributed by atoms with van der Waals surface area (Å²) in [5.74, 6) is -1.30. The molecule has 0 aromatic heterocycles. The van der Waals surface area contributed by atoms with Crippen LogP contribution in [0.4, 0.5) is 0 Å². The molecule has 0 saturated heterocycles. The topological polar surface area (TPSA) is 72.9 Å². The van der Waals surface area contributed by atoms with Crippen LogP contribution in [0.2, 0.25) is 0 Å². The Labute approximate surface area is 156 Å². The summed E-state index contributed by atoms with van der Waals surface area (Å²) < 4.78 is 6.01. The molecule has 0 radical (unpaired) electrons. The summed E-state index contributed by atoms with van der Waals surface area (Å²) in [4.78, 5) is 42.1. The minimum Gasteiger partial charge on any atom is -0.490 e. The van der Waals surface area contributed by atoms with Crippen molar-refractivity contribution in [3.8, 4) is 5.75 Å². The molecule has 2 aromatic carbocycles. The van der Waals surface area contributed by atoms with E-state index in [-0.39, 0.29) is 23.7 Å². The lowest BCUT2D eigenvalue weighted by Gasteiger charge is -2.17. The fourth-order valence-corrected chi connectivity index (χ4v) is 3.49. The number of rotatable bonds is 5. The van der Waals surface area contributed by atoms with Crippen LogP contribution >= 0.6 is 0 Å². The Kier molecular flexibility index (Phi) is 4.62. The Morgan fingerprint density at radius 1 is 0.926 bits per heavy atom. The Morgan fingerprint density at radius 2 is 1.52 bits per heavy atom. The number of nitrogens with zero attached hydrogens (tertiary/aromatic N) is 1. The maximum Gasteiger partial charge on any atom is 0.337 e. The zero-order chi connectivity index (χ0) is 18.8. The maximum atomic E-state index is 12.4. The van der Waals surface area contributed by atoms with Crippen molar-refractivity contribution in [1.29, 1.82) is 0 Å². The van der Waals surface area contributed by atoms with Gasteiger partial charge in [-0.1, -0.05) is 35.4 Å². The van der Waals surface area contributed by atoms with Gasteiger partial charge in [0.25, 0.3) is 11.8 Å². The molecule has 0 unspecified atom stereocenters. The van der Waals surface area contributed by atoms with Gasteiger partial charge in [-0.15, -0.1) is 0 Å². The normalized spacial score (nSPS) is 16.5. The van der Waals surface area contributed by atoms with E-state index in [1.54, 1.807) is 18.2 Å². The monoisotopic (exact) mass is 365 g/mol. The average Bonchev–Trinajstić information content (AvgIpc) is 3.27. The molecule has 1 aliphatic heterocycles. The number of carbonyl (C=O) groups is 3. The number of benzene rings is 2. The largest absolute Gasteiger partial charge is 0.490 e. The van der Waals surface area contributed by atoms with Crippen molar-refractivity contribution in [1.82, 2.24) is 5.06 Å². The summed E-state index contributed by atoms with van der Waals surface area (Å²) >= 11 is 0. The zero-order valence-corrected chi connectivity index (χ0v) is 14.7. The summed E-state index contributed by atoms with van der Waals surface area (Å²) in [5, 5.41) is 0.535. The van der Waals surface area contributed by atoms with Crippen molar-refractivity contribution in [2.75, 3.05) is 0 Å². The van der Waals surface area contributed by atoms with E-state index < -0.39 is 17.8 Å². The molecule has 2 aliphatic rings. The maximum absolute atomic E-state index is 12.4. The van der Waals surface area contributed by atoms with Gasteiger partial charge in [0.15, 0.2) is 0 Å². The van der Waals surface area contributed by atoms with E-state index in [0.29, 0.717) is 16.4 Å². The highest BCUT2D eigenvalue weighted by molar-refractivity contribution is 6.20. The molecule has 2 amide bonds. The first-order valence-corrected chi connectivity index (χ1v) is 9.06. The number of ether oxygens (including phenoxy) is 1. The lowest BCUT2D eigenvalue weighted by atomic mass is 10.1. The molecule has 6 heteroatoms. The smallest absolute Gasteiger partial charge is 0.337 e. The molecule has 1 saturated carbocycles. The molecule has 0 bridgehead atoms. The molecule has 0 atom stereocenters. The minimum atomic E-state index is -0.688. The highest BCUT2D eigenvalue weighted by Gasteiger charge is 2.38. The molecule has 2 aromatic rings. The van der Waals surface area contributed by atoms with E-state index in [9.17, 15) is 14.4 Å². The fourth-order valence-electron chi connectivity index (χ4n) is 3.49. The van der Waals surface area contributed by atoms with Gasteiger partial charge in [0, 0.05) is 5.56 Å². The molecular weight excluding hydrogens is 346 g/mol. The summed E-state index contributed by atoms with van der Waals surface area (Å²) in [5.41, 5.74) is 1.14. The van der Waals surface area contributed by atoms with Crippen LogP contribution in [0.25, 0.3) is 0 Å². The predicted octanol–water partition coefficient (Wildman–Crippen LogP) is 3.30. The Balaban J connectivity index is 1.45. The van der Waals surface area contributed by atoms with E-state index in [4.69, 9.17) is 9.57 Å². The van der Waals surface area contributed by atoms with E-state index in [1.165, 1.54) is 12.1 Å². The summed E-state index contributed by atoms with van der Waals surface area (Å²) in [7, 11) is 0. The average molecular weight is 365 g/mol. The van der Waals surface area contributed by atoms with Crippen molar-refractivity contribution in [3.05, 3.63) is 65.2 Å². The SMILES string of the molecule is O=C(Cc1ccccc1OC1CCCC1)ON1C(=O)c2ccccc2C1=O. The second-order valence-electron chi connectivity index (χ2n) is 6.72. The van der Waals surface area contributed by atoms with Gasteiger partial charge in [-0.25, -0.2) is 4.79 Å². The number of hydroxylamine groups is 2. The molecule has 0 N–H and O–H groups in total. The predicted molar refractivity (Wildman–Crippen MR) is 96.1 cm³/mol. The minimum absolute atomic E-state index is 0.0870. The molecule has 1 fully saturated rings. The Morgan fingerprint density at radius 3 is 2.19 bits per heavy atom. The number of amides is 2. The van der Waals surface area contributed by atoms with Crippen LogP contribution in [0.1, 0.15) is 52.0 Å². The highest BCUT2D eigenvalue weighted by atomic mass is 16.7. The van der Waals surface area contributed by atoms with Crippen molar-refractivity contribution in [2.45, 2.75) is 38.2 Å². The summed E-state index contributed by atoms with van der Waals surface area (Å²) in [6, 6.07) is 13.7. The molecule has 1 heterocycles. The number of para-hydroxylation sites is 1. The highest BCUT2D eigenvalue weighted by Crippen LogP contribution is 2.28. The van der Waals surface area contributed by atoms with Crippen LogP contribution in [0.15, 0.2) is 48.5 Å². The van der Waals surface area contributed by atoms with Gasteiger partial charge in [0.2, 0.25) is 0 Å². The number of imide groups is 1. The van der Waals surface area contributed by atoms with Gasteiger partial charge in [-0.05, 0) is 43.9 Å². The fraction of sp³-hybridized carbons (Fsp3) is 0.286. The summed E-state index contributed by atoms with van der Waals surface area (Å²) in [6.07, 6.45) is 4.39. The van der Waals surface area contributed by atoms with E-state index in [2.05, 4.69) is 0 Å². The van der Waals surface area contributed by atoms with Crippen LogP contribution in [-0.2, 0) is 16.1 Å². The third-order valence-corrected chi connectivity index (χ3v) is 4.85. The van der Waals surface area contributed by atoms with E-state index >= 15 is 0 Å². The third kappa shape index (κ3) is 3.43. The first-order valence-electron chi connectivity index (χ1n) is 9.06.